The molecule has 1 rings (SSSR count). The van der Waals surface area contributed by atoms with Crippen molar-refractivity contribution in [3.63, 3.8) is 0 Å². The lowest BCUT2D eigenvalue weighted by Crippen LogP contribution is -2.39. The van der Waals surface area contributed by atoms with E-state index in [2.05, 4.69) is 11.9 Å². The van der Waals surface area contributed by atoms with Gasteiger partial charge in [0.15, 0.2) is 5.76 Å². The molecule has 0 aromatic heterocycles. The highest BCUT2D eigenvalue weighted by Crippen LogP contribution is 2.17. The van der Waals surface area contributed by atoms with Crippen molar-refractivity contribution in [2.24, 2.45) is 5.84 Å². The fourth-order valence-corrected chi connectivity index (χ4v) is 1.22. The van der Waals surface area contributed by atoms with Crippen LogP contribution in [0.2, 0.25) is 0 Å². The second kappa shape index (κ2) is 7.65. The average molecular weight is 239 g/mol. The van der Waals surface area contributed by atoms with Crippen molar-refractivity contribution >= 4 is 5.78 Å². The van der Waals surface area contributed by atoms with Crippen LogP contribution < -0.4 is 11.2 Å². The number of nitrogens with two attached hydrogens (primary N) is 1. The molecule has 4 N–H and O–H groups in total. The highest BCUT2D eigenvalue weighted by Gasteiger charge is 2.22. The Bertz CT molecular complexity index is 346. The van der Waals surface area contributed by atoms with Crippen LogP contribution in [-0.4, -0.2) is 36.0 Å². The van der Waals surface area contributed by atoms with Crippen molar-refractivity contribution in [2.75, 3.05) is 20.1 Å². The minimum Gasteiger partial charge on any atom is -0.504 e. The van der Waals surface area contributed by atoms with E-state index in [0.717, 1.165) is 0 Å². The van der Waals surface area contributed by atoms with E-state index in [1.807, 2.05) is 13.8 Å². The van der Waals surface area contributed by atoms with Crippen molar-refractivity contribution in [3.05, 3.63) is 35.8 Å². The van der Waals surface area contributed by atoms with Crippen LogP contribution in [0.25, 0.3) is 0 Å². The Morgan fingerprint density at radius 3 is 2.59 bits per heavy atom. The van der Waals surface area contributed by atoms with Gasteiger partial charge in [0.25, 0.3) is 0 Å². The number of Topliss-reactive ketones (excluding diaryl/α,β-unsaturated/α-hetero) is 1. The van der Waals surface area contributed by atoms with Gasteiger partial charge in [-0.25, -0.2) is 5.84 Å². The second-order valence-corrected chi connectivity index (χ2v) is 3.26. The third kappa shape index (κ3) is 4.42. The van der Waals surface area contributed by atoms with Crippen LogP contribution in [0, 0.1) is 0 Å². The van der Waals surface area contributed by atoms with Crippen LogP contribution >= 0.6 is 0 Å². The third-order valence-electron chi connectivity index (χ3n) is 2.02. The van der Waals surface area contributed by atoms with Crippen molar-refractivity contribution < 1.29 is 9.90 Å². The van der Waals surface area contributed by atoms with Crippen LogP contribution in [0.3, 0.4) is 0 Å². The molecule has 0 unspecified atom stereocenters. The Morgan fingerprint density at radius 1 is 1.47 bits per heavy atom. The average Bonchev–Trinajstić information content (AvgIpc) is 2.33. The molecule has 0 atom stereocenters. The van der Waals surface area contributed by atoms with Crippen molar-refractivity contribution in [2.45, 2.75) is 13.8 Å². The predicted octanol–water partition coefficient (Wildman–Crippen LogP) is 0.872. The van der Waals surface area contributed by atoms with Gasteiger partial charge in [0.2, 0.25) is 5.78 Å². The first kappa shape index (κ1) is 15.4. The number of allylic oxidation sites excluding steroid dienone is 3. The van der Waals surface area contributed by atoms with Gasteiger partial charge in [-0.1, -0.05) is 20.4 Å². The molecule has 0 bridgehead atoms. The summed E-state index contributed by atoms with van der Waals surface area (Å²) in [6.45, 7) is 8.78. The largest absolute Gasteiger partial charge is 0.504 e. The molecule has 0 aromatic rings. The Morgan fingerprint density at radius 2 is 2.06 bits per heavy atom. The van der Waals surface area contributed by atoms with Crippen LogP contribution in [0.1, 0.15) is 13.8 Å². The zero-order chi connectivity index (χ0) is 13.4. The van der Waals surface area contributed by atoms with Gasteiger partial charge >= 0.3 is 0 Å². The van der Waals surface area contributed by atoms with Crippen LogP contribution in [0.15, 0.2) is 35.8 Å². The molecule has 5 nitrogen and oxygen atoms in total. The monoisotopic (exact) mass is 239 g/mol. The van der Waals surface area contributed by atoms with E-state index < -0.39 is 5.78 Å². The SMILES string of the molecule is C=C1C=C(O)C(=O)C(N(N)CCNC)=C1.CC. The van der Waals surface area contributed by atoms with Crippen LogP contribution in [0.5, 0.6) is 0 Å². The van der Waals surface area contributed by atoms with Crippen molar-refractivity contribution in [3.8, 4) is 0 Å². The first-order chi connectivity index (χ1) is 8.06. The first-order valence-corrected chi connectivity index (χ1v) is 5.59. The van der Waals surface area contributed by atoms with Gasteiger partial charge in [-0.05, 0) is 24.8 Å². The number of carbonyl (C=O) groups is 1. The molecule has 0 radical (unpaired) electrons. The molecule has 96 valence electrons. The number of nitrogens with one attached hydrogen (secondary N) is 1. The van der Waals surface area contributed by atoms with E-state index >= 15 is 0 Å². The lowest BCUT2D eigenvalue weighted by Gasteiger charge is -2.22. The Balaban J connectivity index is 0.00000121. The minimum absolute atomic E-state index is 0.259. The molecule has 1 aliphatic carbocycles. The summed E-state index contributed by atoms with van der Waals surface area (Å²) >= 11 is 0. The number of nitrogens with zero attached hydrogens (tertiary/aromatic N) is 1. The number of carbonyl (C=O) groups excluding carboxylic acids is 1. The molecule has 1 aliphatic rings. The molecule has 0 aliphatic heterocycles. The van der Waals surface area contributed by atoms with Gasteiger partial charge in [0.05, 0.1) is 0 Å². The maximum Gasteiger partial charge on any atom is 0.244 e. The maximum atomic E-state index is 11.5. The molecule has 17 heavy (non-hydrogen) atoms. The third-order valence-corrected chi connectivity index (χ3v) is 2.02. The highest BCUT2D eigenvalue weighted by molar-refractivity contribution is 6.08. The number of likely N-dealkylation sites (N-methyl/N-ethyl adjacent to an activating group) is 1. The molecule has 0 saturated heterocycles. The van der Waals surface area contributed by atoms with Crippen molar-refractivity contribution in [1.82, 2.24) is 10.3 Å². The summed E-state index contributed by atoms with van der Waals surface area (Å²) < 4.78 is 0. The topological polar surface area (TPSA) is 78.6 Å². The standard InChI is InChI=1S/C10H15N3O2.C2H6/c1-7-5-8(10(15)9(14)6-7)13(11)4-3-12-2;1-2/h5-6,12,14H,1,3-4,11H2,2H3;1-2H3. The summed E-state index contributed by atoms with van der Waals surface area (Å²) in [5.41, 5.74) is 0.817. The van der Waals surface area contributed by atoms with Crippen molar-refractivity contribution in [1.29, 1.82) is 0 Å². The fraction of sp³-hybridized carbons (Fsp3) is 0.417. The molecule has 5 heteroatoms. The van der Waals surface area contributed by atoms with Gasteiger partial charge in [0, 0.05) is 13.1 Å². The molecule has 0 spiro atoms. The van der Waals surface area contributed by atoms with E-state index in [9.17, 15) is 9.90 Å². The summed E-state index contributed by atoms with van der Waals surface area (Å²) in [7, 11) is 1.79. The number of hydrogen-bond donors (Lipinski definition) is 3. The molecular formula is C12H21N3O2. The zero-order valence-electron chi connectivity index (χ0n) is 10.7. The second-order valence-electron chi connectivity index (χ2n) is 3.26. The Kier molecular flexibility index (Phi) is 6.93. The maximum absolute atomic E-state index is 11.5. The summed E-state index contributed by atoms with van der Waals surface area (Å²) in [6.07, 6.45) is 2.87. The first-order valence-electron chi connectivity index (χ1n) is 5.59. The van der Waals surface area contributed by atoms with Gasteiger partial charge in [-0.15, -0.1) is 0 Å². The lowest BCUT2D eigenvalue weighted by molar-refractivity contribution is -0.116. The van der Waals surface area contributed by atoms with E-state index in [1.165, 1.54) is 11.1 Å². The van der Waals surface area contributed by atoms with Gasteiger partial charge in [-0.3, -0.25) is 4.79 Å². The molecule has 0 saturated carbocycles. The summed E-state index contributed by atoms with van der Waals surface area (Å²) in [4.78, 5) is 11.5. The smallest absolute Gasteiger partial charge is 0.244 e. The molecule has 0 amide bonds. The summed E-state index contributed by atoms with van der Waals surface area (Å²) in [5.74, 6) is 4.88. The summed E-state index contributed by atoms with van der Waals surface area (Å²) in [5, 5.41) is 13.5. The quantitative estimate of drug-likeness (QED) is 0.501. The normalized spacial score (nSPS) is 14.6. The van der Waals surface area contributed by atoms with Crippen LogP contribution in [-0.2, 0) is 4.79 Å². The molecular weight excluding hydrogens is 218 g/mol. The Labute approximate surface area is 102 Å². The highest BCUT2D eigenvalue weighted by atomic mass is 16.3. The number of aliphatic hydroxyl groups excluding tert-OH is 1. The molecule has 0 aromatic carbocycles. The number of rotatable bonds is 4. The number of hydrazine groups is 1. The zero-order valence-corrected chi connectivity index (χ0v) is 10.7. The number of ketones is 1. The van der Waals surface area contributed by atoms with E-state index in [4.69, 9.17) is 5.84 Å². The van der Waals surface area contributed by atoms with E-state index in [0.29, 0.717) is 18.7 Å². The van der Waals surface area contributed by atoms with Gasteiger partial charge in [-0.2, -0.15) is 0 Å². The lowest BCUT2D eigenvalue weighted by atomic mass is 10.1. The van der Waals surface area contributed by atoms with Gasteiger partial charge < -0.3 is 15.4 Å². The summed E-state index contributed by atoms with van der Waals surface area (Å²) in [6, 6.07) is 0. The van der Waals surface area contributed by atoms with E-state index in [1.54, 1.807) is 13.1 Å². The number of aliphatic hydroxyl groups is 1. The van der Waals surface area contributed by atoms with Gasteiger partial charge in [0.1, 0.15) is 5.70 Å². The molecule has 0 heterocycles. The predicted molar refractivity (Wildman–Crippen MR) is 69.1 cm³/mol. The fourth-order valence-electron chi connectivity index (χ4n) is 1.22. The molecule has 0 fully saturated rings. The minimum atomic E-state index is -0.471. The van der Waals surface area contributed by atoms with Crippen LogP contribution in [0.4, 0.5) is 0 Å². The Hall–Kier alpha value is -1.59. The number of hydrogen-bond acceptors (Lipinski definition) is 5. The van der Waals surface area contributed by atoms with E-state index in [-0.39, 0.29) is 11.5 Å².